The van der Waals surface area contributed by atoms with Crippen molar-refractivity contribution in [2.75, 3.05) is 52.5 Å². The molecule has 1 aliphatic rings. The third-order valence-electron chi connectivity index (χ3n) is 4.05. The minimum absolute atomic E-state index is 0.256. The smallest absolute Gasteiger partial charge is 0.126 e. The lowest BCUT2D eigenvalue weighted by atomic mass is 10.2. The Morgan fingerprint density at radius 2 is 2.09 bits per heavy atom. The minimum atomic E-state index is -0.256. The van der Waals surface area contributed by atoms with E-state index >= 15 is 0 Å². The van der Waals surface area contributed by atoms with Crippen molar-refractivity contribution in [1.29, 1.82) is 0 Å². The summed E-state index contributed by atoms with van der Waals surface area (Å²) >= 11 is 0. The molecule has 0 N–H and O–H groups in total. The van der Waals surface area contributed by atoms with Crippen LogP contribution in [0.1, 0.15) is 13.8 Å². The molecule has 0 saturated carbocycles. The van der Waals surface area contributed by atoms with Crippen molar-refractivity contribution in [3.8, 4) is 5.75 Å². The van der Waals surface area contributed by atoms with Crippen molar-refractivity contribution in [1.82, 2.24) is 9.80 Å². The Morgan fingerprint density at radius 3 is 2.82 bits per heavy atom. The Kier molecular flexibility index (Phi) is 7.09. The summed E-state index contributed by atoms with van der Waals surface area (Å²) < 4.78 is 24.1. The Bertz CT molecular complexity index is 444. The van der Waals surface area contributed by atoms with Crippen LogP contribution in [0.25, 0.3) is 0 Å². The number of hydrogen-bond acceptors (Lipinski definition) is 4. The second-order valence-corrected chi connectivity index (χ2v) is 5.69. The molecule has 1 saturated heterocycles. The van der Waals surface area contributed by atoms with Gasteiger partial charge in [-0.15, -0.1) is 0 Å². The molecule has 0 aliphatic carbocycles. The fraction of sp³-hybridized carbons (Fsp3) is 0.647. The first-order chi connectivity index (χ1) is 10.7. The van der Waals surface area contributed by atoms with Crippen molar-refractivity contribution in [3.63, 3.8) is 0 Å². The summed E-state index contributed by atoms with van der Waals surface area (Å²) in [6.45, 7) is 11.5. The van der Waals surface area contributed by atoms with Crippen molar-refractivity contribution >= 4 is 0 Å². The van der Waals surface area contributed by atoms with Crippen LogP contribution in [0.4, 0.5) is 4.39 Å². The molecule has 0 radical (unpaired) electrons. The summed E-state index contributed by atoms with van der Waals surface area (Å²) in [6, 6.07) is 6.84. The first-order valence-corrected chi connectivity index (χ1v) is 8.11. The molecule has 1 aromatic carbocycles. The third kappa shape index (κ3) is 5.55. The molecule has 0 amide bonds. The van der Waals surface area contributed by atoms with Crippen LogP contribution in [0, 0.1) is 5.82 Å². The van der Waals surface area contributed by atoms with Crippen LogP contribution in [0.2, 0.25) is 0 Å². The van der Waals surface area contributed by atoms with Gasteiger partial charge >= 0.3 is 0 Å². The highest BCUT2D eigenvalue weighted by Crippen LogP contribution is 2.13. The molecule has 1 aromatic rings. The van der Waals surface area contributed by atoms with Gasteiger partial charge in [0.1, 0.15) is 18.2 Å². The van der Waals surface area contributed by atoms with Gasteiger partial charge in [-0.05, 0) is 26.0 Å². The van der Waals surface area contributed by atoms with E-state index in [1.807, 2.05) is 6.92 Å². The van der Waals surface area contributed by atoms with Gasteiger partial charge in [0, 0.05) is 51.4 Å². The number of halogens is 1. The van der Waals surface area contributed by atoms with Crippen LogP contribution in [0.5, 0.6) is 5.75 Å². The van der Waals surface area contributed by atoms with Crippen LogP contribution in [-0.2, 0) is 4.74 Å². The van der Waals surface area contributed by atoms with Gasteiger partial charge < -0.3 is 9.47 Å². The molecule has 1 fully saturated rings. The number of ether oxygens (including phenoxy) is 2. The van der Waals surface area contributed by atoms with Crippen LogP contribution in [-0.4, -0.2) is 68.4 Å². The normalized spacial score (nSPS) is 20.2. The highest BCUT2D eigenvalue weighted by molar-refractivity contribution is 5.22. The van der Waals surface area contributed by atoms with Gasteiger partial charge in [-0.25, -0.2) is 4.39 Å². The van der Waals surface area contributed by atoms with Gasteiger partial charge in [0.2, 0.25) is 0 Å². The highest BCUT2D eigenvalue weighted by Gasteiger charge is 2.22. The van der Waals surface area contributed by atoms with Crippen molar-refractivity contribution in [2.45, 2.75) is 19.9 Å². The summed E-state index contributed by atoms with van der Waals surface area (Å²) in [5.41, 5.74) is 0. The molecule has 1 unspecified atom stereocenters. The molecule has 2 rings (SSSR count). The minimum Gasteiger partial charge on any atom is -0.492 e. The summed E-state index contributed by atoms with van der Waals surface area (Å²) in [7, 11) is 0. The summed E-state index contributed by atoms with van der Waals surface area (Å²) in [6.07, 6.45) is 0. The molecular formula is C17H27FN2O2. The Balaban J connectivity index is 1.66. The molecule has 124 valence electrons. The number of piperazine rings is 1. The second kappa shape index (κ2) is 9.08. The fourth-order valence-electron chi connectivity index (χ4n) is 2.78. The second-order valence-electron chi connectivity index (χ2n) is 5.69. The van der Waals surface area contributed by atoms with Crippen molar-refractivity contribution < 1.29 is 13.9 Å². The molecule has 5 heteroatoms. The van der Waals surface area contributed by atoms with Crippen LogP contribution in [0.3, 0.4) is 0 Å². The SMILES string of the molecule is CCOCCN1CCN(CCOc2cccc(F)c2)CC1C. The molecular weight excluding hydrogens is 283 g/mol. The lowest BCUT2D eigenvalue weighted by Gasteiger charge is -2.39. The molecule has 0 bridgehead atoms. The van der Waals surface area contributed by atoms with Gasteiger partial charge in [-0.2, -0.15) is 0 Å². The number of rotatable bonds is 8. The average Bonchev–Trinajstić information content (AvgIpc) is 2.50. The number of nitrogens with zero attached hydrogens (tertiary/aromatic N) is 2. The maximum Gasteiger partial charge on any atom is 0.126 e. The van der Waals surface area contributed by atoms with E-state index < -0.39 is 0 Å². The van der Waals surface area contributed by atoms with E-state index in [0.717, 1.165) is 45.9 Å². The average molecular weight is 310 g/mol. The molecule has 1 heterocycles. The van der Waals surface area contributed by atoms with Gasteiger partial charge in [0.05, 0.1) is 6.61 Å². The van der Waals surface area contributed by atoms with Crippen LogP contribution in [0.15, 0.2) is 24.3 Å². The van der Waals surface area contributed by atoms with Gasteiger partial charge in [0.15, 0.2) is 0 Å². The quantitative estimate of drug-likeness (QED) is 0.688. The Morgan fingerprint density at radius 1 is 1.23 bits per heavy atom. The highest BCUT2D eigenvalue weighted by atomic mass is 19.1. The van der Waals surface area contributed by atoms with E-state index in [9.17, 15) is 4.39 Å². The van der Waals surface area contributed by atoms with E-state index in [4.69, 9.17) is 9.47 Å². The van der Waals surface area contributed by atoms with Crippen molar-refractivity contribution in [2.24, 2.45) is 0 Å². The summed E-state index contributed by atoms with van der Waals surface area (Å²) in [5, 5.41) is 0. The lowest BCUT2D eigenvalue weighted by molar-refractivity contribution is 0.0447. The van der Waals surface area contributed by atoms with Crippen LogP contribution >= 0.6 is 0 Å². The van der Waals surface area contributed by atoms with Gasteiger partial charge in [-0.3, -0.25) is 9.80 Å². The zero-order valence-corrected chi connectivity index (χ0v) is 13.6. The molecule has 0 spiro atoms. The first-order valence-electron chi connectivity index (χ1n) is 8.11. The lowest BCUT2D eigenvalue weighted by Crippen LogP contribution is -2.53. The Labute approximate surface area is 132 Å². The Hall–Kier alpha value is -1.17. The number of hydrogen-bond donors (Lipinski definition) is 0. The summed E-state index contributed by atoms with van der Waals surface area (Å²) in [5.74, 6) is 0.345. The fourth-order valence-corrected chi connectivity index (χ4v) is 2.78. The largest absolute Gasteiger partial charge is 0.492 e. The van der Waals surface area contributed by atoms with Crippen molar-refractivity contribution in [3.05, 3.63) is 30.1 Å². The van der Waals surface area contributed by atoms with E-state index in [1.54, 1.807) is 12.1 Å². The van der Waals surface area contributed by atoms with Crippen LogP contribution < -0.4 is 4.74 Å². The summed E-state index contributed by atoms with van der Waals surface area (Å²) in [4.78, 5) is 4.88. The molecule has 1 atom stereocenters. The monoisotopic (exact) mass is 310 g/mol. The van der Waals surface area contributed by atoms with E-state index in [-0.39, 0.29) is 5.82 Å². The topological polar surface area (TPSA) is 24.9 Å². The maximum absolute atomic E-state index is 13.1. The molecule has 0 aromatic heterocycles. The van der Waals surface area contributed by atoms with Gasteiger partial charge in [0.25, 0.3) is 0 Å². The predicted octanol–water partition coefficient (Wildman–Crippen LogP) is 2.25. The molecule has 22 heavy (non-hydrogen) atoms. The first kappa shape index (κ1) is 17.2. The standard InChI is InChI=1S/C17H27FN2O2/c1-3-21-11-10-20-8-7-19(14-15(20)2)9-12-22-17-6-4-5-16(18)13-17/h4-6,13,15H,3,7-12,14H2,1-2H3. The number of benzene rings is 1. The van der Waals surface area contributed by atoms with E-state index in [0.29, 0.717) is 18.4 Å². The zero-order valence-electron chi connectivity index (χ0n) is 13.6. The zero-order chi connectivity index (χ0) is 15.8. The maximum atomic E-state index is 13.1. The van der Waals surface area contributed by atoms with E-state index in [1.165, 1.54) is 12.1 Å². The molecule has 1 aliphatic heterocycles. The molecule has 4 nitrogen and oxygen atoms in total. The van der Waals surface area contributed by atoms with Gasteiger partial charge in [-0.1, -0.05) is 6.07 Å². The predicted molar refractivity (Wildman–Crippen MR) is 85.9 cm³/mol. The van der Waals surface area contributed by atoms with E-state index in [2.05, 4.69) is 16.7 Å². The third-order valence-corrected chi connectivity index (χ3v) is 4.05.